The first-order chi connectivity index (χ1) is 17.4. The molecule has 2 heterocycles. The van der Waals surface area contributed by atoms with E-state index in [9.17, 15) is 18.0 Å². The summed E-state index contributed by atoms with van der Waals surface area (Å²) in [5, 5.41) is 2.96. The number of fused-ring (bicyclic) bond motifs is 1. The van der Waals surface area contributed by atoms with E-state index < -0.39 is 11.7 Å². The SMILES string of the molecule is O=C(Nc1ccc2c(c1)CN(CCc1ccccn1)C2)c1ccccc1-c1ccc(C(F)(F)F)cc1. The molecule has 0 fully saturated rings. The van der Waals surface area contributed by atoms with Crippen molar-refractivity contribution in [2.75, 3.05) is 11.9 Å². The molecule has 0 saturated carbocycles. The predicted octanol–water partition coefficient (Wildman–Crippen LogP) is 6.58. The van der Waals surface area contributed by atoms with Crippen molar-refractivity contribution < 1.29 is 18.0 Å². The number of amides is 1. The Morgan fingerprint density at radius 1 is 0.889 bits per heavy atom. The van der Waals surface area contributed by atoms with Crippen LogP contribution < -0.4 is 5.32 Å². The summed E-state index contributed by atoms with van der Waals surface area (Å²) in [6.07, 6.45) is -1.73. The second-order valence-corrected chi connectivity index (χ2v) is 8.84. The van der Waals surface area contributed by atoms with Crippen LogP contribution in [-0.4, -0.2) is 22.3 Å². The number of nitrogens with zero attached hydrogens (tertiary/aromatic N) is 2. The van der Waals surface area contributed by atoms with E-state index in [0.29, 0.717) is 22.4 Å². The summed E-state index contributed by atoms with van der Waals surface area (Å²) in [5.74, 6) is -0.310. The third kappa shape index (κ3) is 5.31. The Morgan fingerprint density at radius 3 is 2.39 bits per heavy atom. The van der Waals surface area contributed by atoms with Gasteiger partial charge in [0, 0.05) is 49.2 Å². The first-order valence-electron chi connectivity index (χ1n) is 11.7. The molecule has 5 rings (SSSR count). The van der Waals surface area contributed by atoms with E-state index in [4.69, 9.17) is 0 Å². The zero-order valence-corrected chi connectivity index (χ0v) is 19.4. The maximum absolute atomic E-state index is 13.1. The number of hydrogen-bond donors (Lipinski definition) is 1. The number of carbonyl (C=O) groups excluding carboxylic acids is 1. The van der Waals surface area contributed by atoms with Gasteiger partial charge in [0.25, 0.3) is 5.91 Å². The number of nitrogens with one attached hydrogen (secondary N) is 1. The Balaban J connectivity index is 1.28. The minimum absolute atomic E-state index is 0.310. The molecule has 0 spiro atoms. The monoisotopic (exact) mass is 487 g/mol. The molecule has 1 aliphatic heterocycles. The molecule has 7 heteroatoms. The Hall–Kier alpha value is -3.97. The van der Waals surface area contributed by atoms with Gasteiger partial charge in [-0.05, 0) is 64.7 Å². The third-order valence-corrected chi connectivity index (χ3v) is 6.36. The fourth-order valence-electron chi connectivity index (χ4n) is 4.49. The number of pyridine rings is 1. The Bertz CT molecular complexity index is 1370. The smallest absolute Gasteiger partial charge is 0.322 e. The number of aromatic nitrogens is 1. The molecule has 182 valence electrons. The highest BCUT2D eigenvalue weighted by atomic mass is 19.4. The van der Waals surface area contributed by atoms with E-state index in [-0.39, 0.29) is 5.91 Å². The van der Waals surface area contributed by atoms with Crippen LogP contribution in [0, 0.1) is 0 Å². The molecule has 3 aromatic carbocycles. The second kappa shape index (κ2) is 9.95. The number of rotatable bonds is 6. The van der Waals surface area contributed by atoms with Crippen molar-refractivity contribution in [1.82, 2.24) is 9.88 Å². The van der Waals surface area contributed by atoms with Gasteiger partial charge in [-0.1, -0.05) is 42.5 Å². The quantitative estimate of drug-likeness (QED) is 0.334. The summed E-state index contributed by atoms with van der Waals surface area (Å²) in [6.45, 7) is 2.55. The normalized spacial score (nSPS) is 13.4. The predicted molar refractivity (Wildman–Crippen MR) is 133 cm³/mol. The molecule has 0 saturated heterocycles. The molecule has 0 aliphatic carbocycles. The number of carbonyl (C=O) groups is 1. The van der Waals surface area contributed by atoms with Crippen molar-refractivity contribution in [1.29, 1.82) is 0 Å². The first-order valence-corrected chi connectivity index (χ1v) is 11.7. The fraction of sp³-hybridized carbons (Fsp3) is 0.172. The van der Waals surface area contributed by atoms with Gasteiger partial charge in [-0.3, -0.25) is 14.7 Å². The highest BCUT2D eigenvalue weighted by Crippen LogP contribution is 2.32. The summed E-state index contributed by atoms with van der Waals surface area (Å²) in [4.78, 5) is 19.9. The molecule has 0 atom stereocenters. The summed E-state index contributed by atoms with van der Waals surface area (Å²) in [6, 6.07) is 23.6. The van der Waals surface area contributed by atoms with Crippen molar-refractivity contribution in [3.8, 4) is 11.1 Å². The van der Waals surface area contributed by atoms with Crippen LogP contribution in [0.15, 0.2) is 91.1 Å². The van der Waals surface area contributed by atoms with Crippen LogP contribution in [0.2, 0.25) is 0 Å². The summed E-state index contributed by atoms with van der Waals surface area (Å²) in [5.41, 5.74) is 4.96. The largest absolute Gasteiger partial charge is 0.416 e. The van der Waals surface area contributed by atoms with Crippen LogP contribution in [-0.2, 0) is 25.7 Å². The van der Waals surface area contributed by atoms with E-state index in [1.54, 1.807) is 30.5 Å². The average molecular weight is 488 g/mol. The number of benzene rings is 3. The molecule has 1 aromatic heterocycles. The van der Waals surface area contributed by atoms with E-state index >= 15 is 0 Å². The molecule has 36 heavy (non-hydrogen) atoms. The van der Waals surface area contributed by atoms with Gasteiger partial charge < -0.3 is 5.32 Å². The standard InChI is InChI=1S/C29H24F3N3O/c30-29(31,32)23-11-8-20(9-12-23)26-6-1-2-7-27(26)28(36)34-25-13-10-21-18-35(19-22(21)17-25)16-14-24-5-3-4-15-33-24/h1-13,15,17H,14,16,18-19H2,(H,34,36). The zero-order valence-electron chi connectivity index (χ0n) is 19.4. The van der Waals surface area contributed by atoms with Crippen molar-refractivity contribution in [2.45, 2.75) is 25.7 Å². The molecular formula is C29H24F3N3O. The van der Waals surface area contributed by atoms with Crippen LogP contribution in [0.5, 0.6) is 0 Å². The molecule has 4 aromatic rings. The maximum atomic E-state index is 13.1. The lowest BCUT2D eigenvalue weighted by Gasteiger charge is -2.14. The topological polar surface area (TPSA) is 45.2 Å². The van der Waals surface area contributed by atoms with Crippen LogP contribution >= 0.6 is 0 Å². The number of halogens is 3. The number of anilines is 1. The van der Waals surface area contributed by atoms with Crippen molar-refractivity contribution in [3.63, 3.8) is 0 Å². The van der Waals surface area contributed by atoms with E-state index in [0.717, 1.165) is 43.9 Å². The number of hydrogen-bond acceptors (Lipinski definition) is 3. The lowest BCUT2D eigenvalue weighted by Crippen LogP contribution is -2.19. The van der Waals surface area contributed by atoms with Gasteiger partial charge in [0.1, 0.15) is 0 Å². The van der Waals surface area contributed by atoms with Crippen molar-refractivity contribution in [2.24, 2.45) is 0 Å². The number of alkyl halides is 3. The average Bonchev–Trinajstić information content (AvgIpc) is 3.30. The Morgan fingerprint density at radius 2 is 1.64 bits per heavy atom. The van der Waals surface area contributed by atoms with Crippen LogP contribution in [0.3, 0.4) is 0 Å². The molecule has 1 N–H and O–H groups in total. The third-order valence-electron chi connectivity index (χ3n) is 6.36. The maximum Gasteiger partial charge on any atom is 0.416 e. The summed E-state index contributed by atoms with van der Waals surface area (Å²) >= 11 is 0. The van der Waals surface area contributed by atoms with E-state index in [2.05, 4.69) is 15.2 Å². The molecule has 0 radical (unpaired) electrons. The molecule has 1 aliphatic rings. The highest BCUT2D eigenvalue weighted by molar-refractivity contribution is 6.08. The molecule has 0 bridgehead atoms. The first kappa shape index (κ1) is 23.8. The van der Waals surface area contributed by atoms with Crippen LogP contribution in [0.25, 0.3) is 11.1 Å². The molecule has 1 amide bonds. The van der Waals surface area contributed by atoms with Gasteiger partial charge in [0.15, 0.2) is 0 Å². The highest BCUT2D eigenvalue weighted by Gasteiger charge is 2.30. The molecule has 4 nitrogen and oxygen atoms in total. The second-order valence-electron chi connectivity index (χ2n) is 8.84. The van der Waals surface area contributed by atoms with Crippen molar-refractivity contribution >= 4 is 11.6 Å². The summed E-state index contributed by atoms with van der Waals surface area (Å²) < 4.78 is 38.8. The lowest BCUT2D eigenvalue weighted by molar-refractivity contribution is -0.137. The van der Waals surface area contributed by atoms with Crippen LogP contribution in [0.4, 0.5) is 18.9 Å². The van der Waals surface area contributed by atoms with E-state index in [1.165, 1.54) is 23.3 Å². The van der Waals surface area contributed by atoms with E-state index in [1.807, 2.05) is 36.4 Å². The minimum Gasteiger partial charge on any atom is -0.322 e. The van der Waals surface area contributed by atoms with Gasteiger partial charge in [-0.15, -0.1) is 0 Å². The zero-order chi connectivity index (χ0) is 25.1. The van der Waals surface area contributed by atoms with Crippen molar-refractivity contribution in [3.05, 3.63) is 119 Å². The minimum atomic E-state index is -4.41. The molecular weight excluding hydrogens is 463 g/mol. The Kier molecular flexibility index (Phi) is 6.57. The van der Waals surface area contributed by atoms with Gasteiger partial charge in [-0.2, -0.15) is 13.2 Å². The fourth-order valence-corrected chi connectivity index (χ4v) is 4.49. The van der Waals surface area contributed by atoms with Gasteiger partial charge >= 0.3 is 6.18 Å². The molecule has 0 unspecified atom stereocenters. The van der Waals surface area contributed by atoms with Crippen LogP contribution in [0.1, 0.15) is 32.7 Å². The lowest BCUT2D eigenvalue weighted by atomic mass is 9.98. The van der Waals surface area contributed by atoms with Gasteiger partial charge in [0.05, 0.1) is 5.56 Å². The summed E-state index contributed by atoms with van der Waals surface area (Å²) in [7, 11) is 0. The van der Waals surface area contributed by atoms with Gasteiger partial charge in [-0.25, -0.2) is 0 Å². The Labute approximate surface area is 207 Å². The van der Waals surface area contributed by atoms with Gasteiger partial charge in [0.2, 0.25) is 0 Å².